The van der Waals surface area contributed by atoms with Crippen LogP contribution in [-0.4, -0.2) is 19.0 Å². The van der Waals surface area contributed by atoms with Crippen molar-refractivity contribution in [2.75, 3.05) is 7.11 Å². The Kier molecular flexibility index (Phi) is 5.91. The van der Waals surface area contributed by atoms with Gasteiger partial charge in [-0.15, -0.1) is 0 Å². The summed E-state index contributed by atoms with van der Waals surface area (Å²) in [5, 5.41) is 0. The van der Waals surface area contributed by atoms with Gasteiger partial charge < -0.3 is 9.47 Å². The molecule has 0 saturated carbocycles. The summed E-state index contributed by atoms with van der Waals surface area (Å²) in [6.07, 6.45) is 0.539. The molecule has 1 aromatic carbocycles. The van der Waals surface area contributed by atoms with E-state index in [4.69, 9.17) is 4.74 Å². The maximum Gasteiger partial charge on any atom is 0.309 e. The second-order valence-electron chi connectivity index (χ2n) is 3.92. The van der Waals surface area contributed by atoms with Gasteiger partial charge in [-0.25, -0.2) is 0 Å². The van der Waals surface area contributed by atoms with E-state index in [0.29, 0.717) is 6.42 Å². The van der Waals surface area contributed by atoms with Crippen molar-refractivity contribution in [2.24, 2.45) is 0 Å². The van der Waals surface area contributed by atoms with E-state index >= 15 is 0 Å². The molecule has 0 saturated heterocycles. The first-order chi connectivity index (χ1) is 8.67. The van der Waals surface area contributed by atoms with Gasteiger partial charge in [0.1, 0.15) is 6.10 Å². The number of esters is 2. The van der Waals surface area contributed by atoms with Crippen molar-refractivity contribution in [3.05, 3.63) is 35.9 Å². The number of hydrogen-bond donors (Lipinski definition) is 0. The van der Waals surface area contributed by atoms with E-state index in [1.807, 2.05) is 37.3 Å². The number of methoxy groups -OCH3 is 1. The quantitative estimate of drug-likeness (QED) is 0.728. The van der Waals surface area contributed by atoms with Crippen LogP contribution in [0.3, 0.4) is 0 Å². The van der Waals surface area contributed by atoms with Crippen LogP contribution in [0.1, 0.15) is 37.9 Å². The van der Waals surface area contributed by atoms with Crippen molar-refractivity contribution in [1.29, 1.82) is 0 Å². The topological polar surface area (TPSA) is 52.6 Å². The van der Waals surface area contributed by atoms with Crippen molar-refractivity contribution in [2.45, 2.75) is 32.3 Å². The zero-order chi connectivity index (χ0) is 13.4. The molecule has 4 heteroatoms. The van der Waals surface area contributed by atoms with Crippen LogP contribution in [0, 0.1) is 0 Å². The summed E-state index contributed by atoms with van der Waals surface area (Å²) in [5.74, 6) is -0.691. The molecule has 0 spiro atoms. The first-order valence-corrected chi connectivity index (χ1v) is 5.98. The monoisotopic (exact) mass is 250 g/mol. The highest BCUT2D eigenvalue weighted by atomic mass is 16.6. The van der Waals surface area contributed by atoms with Crippen molar-refractivity contribution in [3.8, 4) is 0 Å². The van der Waals surface area contributed by atoms with E-state index in [1.54, 1.807) is 0 Å². The number of carbonyl (C=O) groups excluding carboxylic acids is 2. The lowest BCUT2D eigenvalue weighted by atomic mass is 10.1. The zero-order valence-electron chi connectivity index (χ0n) is 10.7. The SMILES string of the molecule is CCCC(=O)O[C@@H](CC(=O)OC)c1ccccc1. The summed E-state index contributed by atoms with van der Waals surface area (Å²) in [7, 11) is 1.32. The summed E-state index contributed by atoms with van der Waals surface area (Å²) in [4.78, 5) is 22.8. The summed E-state index contributed by atoms with van der Waals surface area (Å²) < 4.78 is 9.92. The second kappa shape index (κ2) is 7.48. The number of ether oxygens (including phenoxy) is 2. The van der Waals surface area contributed by atoms with Crippen LogP contribution in [0.4, 0.5) is 0 Å². The van der Waals surface area contributed by atoms with Gasteiger partial charge in [0, 0.05) is 6.42 Å². The fourth-order valence-corrected chi connectivity index (χ4v) is 1.55. The Hall–Kier alpha value is -1.84. The zero-order valence-corrected chi connectivity index (χ0v) is 10.7. The van der Waals surface area contributed by atoms with Crippen molar-refractivity contribution in [1.82, 2.24) is 0 Å². The standard InChI is InChI=1S/C14H18O4/c1-3-7-13(15)18-12(10-14(16)17-2)11-8-5-4-6-9-11/h4-6,8-9,12H,3,7,10H2,1-2H3/t12-/m0/s1. The minimum Gasteiger partial charge on any atom is -0.469 e. The Morgan fingerprint density at radius 2 is 1.83 bits per heavy atom. The van der Waals surface area contributed by atoms with Gasteiger partial charge in [0.2, 0.25) is 0 Å². The number of carbonyl (C=O) groups is 2. The minimum absolute atomic E-state index is 0.0377. The first kappa shape index (κ1) is 14.2. The summed E-state index contributed by atoms with van der Waals surface area (Å²) in [6.45, 7) is 1.90. The van der Waals surface area contributed by atoms with Gasteiger partial charge in [-0.3, -0.25) is 9.59 Å². The molecule has 98 valence electrons. The Labute approximate surface area is 107 Å². The molecule has 4 nitrogen and oxygen atoms in total. The van der Waals surface area contributed by atoms with Crippen molar-refractivity contribution in [3.63, 3.8) is 0 Å². The van der Waals surface area contributed by atoms with Crippen LogP contribution in [0.5, 0.6) is 0 Å². The van der Waals surface area contributed by atoms with E-state index in [1.165, 1.54) is 7.11 Å². The molecular formula is C14H18O4. The van der Waals surface area contributed by atoms with E-state index in [9.17, 15) is 9.59 Å². The Balaban J connectivity index is 2.75. The van der Waals surface area contributed by atoms with E-state index in [-0.39, 0.29) is 12.4 Å². The molecule has 0 heterocycles. The highest BCUT2D eigenvalue weighted by molar-refractivity contribution is 5.72. The number of benzene rings is 1. The smallest absolute Gasteiger partial charge is 0.309 e. The Morgan fingerprint density at radius 1 is 1.17 bits per heavy atom. The van der Waals surface area contributed by atoms with Gasteiger partial charge in [0.25, 0.3) is 0 Å². The summed E-state index contributed by atoms with van der Waals surface area (Å²) in [6, 6.07) is 9.20. The normalized spacial score (nSPS) is 11.7. The van der Waals surface area contributed by atoms with Gasteiger partial charge in [0.15, 0.2) is 0 Å². The lowest BCUT2D eigenvalue weighted by Crippen LogP contribution is -2.15. The third-order valence-corrected chi connectivity index (χ3v) is 2.48. The van der Waals surface area contributed by atoms with Crippen LogP contribution in [0.15, 0.2) is 30.3 Å². The molecule has 0 amide bonds. The molecule has 0 bridgehead atoms. The van der Waals surface area contributed by atoms with Crippen LogP contribution >= 0.6 is 0 Å². The number of hydrogen-bond acceptors (Lipinski definition) is 4. The minimum atomic E-state index is -0.572. The molecule has 0 radical (unpaired) electrons. The molecule has 0 aromatic heterocycles. The third-order valence-electron chi connectivity index (χ3n) is 2.48. The lowest BCUT2D eigenvalue weighted by molar-refractivity contribution is -0.154. The molecule has 18 heavy (non-hydrogen) atoms. The maximum atomic E-state index is 11.5. The van der Waals surface area contributed by atoms with Crippen molar-refractivity contribution >= 4 is 11.9 Å². The molecule has 1 atom stereocenters. The van der Waals surface area contributed by atoms with Crippen LogP contribution in [0.2, 0.25) is 0 Å². The lowest BCUT2D eigenvalue weighted by Gasteiger charge is -2.17. The molecule has 0 aliphatic rings. The molecule has 0 aliphatic heterocycles. The largest absolute Gasteiger partial charge is 0.469 e. The van der Waals surface area contributed by atoms with Crippen LogP contribution in [0.25, 0.3) is 0 Å². The Bertz CT molecular complexity index is 386. The van der Waals surface area contributed by atoms with Gasteiger partial charge >= 0.3 is 11.9 Å². The molecule has 0 unspecified atom stereocenters. The third kappa shape index (κ3) is 4.57. The van der Waals surface area contributed by atoms with Gasteiger partial charge in [-0.2, -0.15) is 0 Å². The predicted octanol–water partition coefficient (Wildman–Crippen LogP) is 2.63. The molecule has 1 aromatic rings. The highest BCUT2D eigenvalue weighted by Crippen LogP contribution is 2.22. The fourth-order valence-electron chi connectivity index (χ4n) is 1.55. The predicted molar refractivity (Wildman–Crippen MR) is 66.8 cm³/mol. The second-order valence-corrected chi connectivity index (χ2v) is 3.92. The molecule has 0 N–H and O–H groups in total. The van der Waals surface area contributed by atoms with Crippen LogP contribution < -0.4 is 0 Å². The molecule has 1 rings (SSSR count). The average molecular weight is 250 g/mol. The van der Waals surface area contributed by atoms with E-state index < -0.39 is 12.1 Å². The molecule has 0 fully saturated rings. The number of rotatable bonds is 6. The summed E-state index contributed by atoms with van der Waals surface area (Å²) >= 11 is 0. The summed E-state index contributed by atoms with van der Waals surface area (Å²) in [5.41, 5.74) is 0.798. The van der Waals surface area contributed by atoms with Crippen LogP contribution in [-0.2, 0) is 19.1 Å². The van der Waals surface area contributed by atoms with Gasteiger partial charge in [-0.05, 0) is 12.0 Å². The fraction of sp³-hybridized carbons (Fsp3) is 0.429. The van der Waals surface area contributed by atoms with E-state index in [2.05, 4.69) is 4.74 Å². The molecule has 0 aliphatic carbocycles. The average Bonchev–Trinajstić information content (AvgIpc) is 2.39. The van der Waals surface area contributed by atoms with Gasteiger partial charge in [-0.1, -0.05) is 37.3 Å². The Morgan fingerprint density at radius 3 is 2.39 bits per heavy atom. The highest BCUT2D eigenvalue weighted by Gasteiger charge is 2.20. The maximum absolute atomic E-state index is 11.5. The van der Waals surface area contributed by atoms with Gasteiger partial charge in [0.05, 0.1) is 13.5 Å². The molecular weight excluding hydrogens is 232 g/mol. The van der Waals surface area contributed by atoms with E-state index in [0.717, 1.165) is 12.0 Å². The first-order valence-electron chi connectivity index (χ1n) is 5.98. The van der Waals surface area contributed by atoms with Crippen molar-refractivity contribution < 1.29 is 19.1 Å².